The van der Waals surface area contributed by atoms with Crippen LogP contribution in [0.3, 0.4) is 0 Å². The molecule has 124 valence electrons. The van der Waals surface area contributed by atoms with Gasteiger partial charge >= 0.3 is 0 Å². The molecule has 4 rings (SSSR count). The van der Waals surface area contributed by atoms with E-state index in [-0.39, 0.29) is 5.75 Å². The van der Waals surface area contributed by atoms with Gasteiger partial charge in [-0.25, -0.2) is 9.37 Å². The quantitative estimate of drug-likeness (QED) is 0.571. The molecule has 5 nitrogen and oxygen atoms in total. The summed E-state index contributed by atoms with van der Waals surface area (Å²) in [6, 6.07) is 10.6. The standard InChI is InChI=1S/C19H15FN4O/c1-24-11-12(10-22-24)17-8-14(16-5-3-4-6-21-16)13-7-15(20)19(25-2)9-18(13)23-17/h3-11H,1-2H3. The van der Waals surface area contributed by atoms with Gasteiger partial charge in [-0.2, -0.15) is 5.10 Å². The molecule has 3 aromatic heterocycles. The lowest BCUT2D eigenvalue weighted by atomic mass is 10.0. The van der Waals surface area contributed by atoms with E-state index < -0.39 is 5.82 Å². The molecule has 0 aliphatic rings. The van der Waals surface area contributed by atoms with E-state index in [1.807, 2.05) is 37.5 Å². The average Bonchev–Trinajstić information content (AvgIpc) is 3.07. The first-order valence-corrected chi connectivity index (χ1v) is 7.74. The number of methoxy groups -OCH3 is 1. The second kappa shape index (κ2) is 5.98. The lowest BCUT2D eigenvalue weighted by molar-refractivity contribution is 0.387. The molecule has 0 unspecified atom stereocenters. The lowest BCUT2D eigenvalue weighted by Gasteiger charge is -2.11. The highest BCUT2D eigenvalue weighted by molar-refractivity contribution is 5.96. The lowest BCUT2D eigenvalue weighted by Crippen LogP contribution is -1.94. The molecule has 0 saturated carbocycles. The molecule has 0 radical (unpaired) electrons. The normalized spacial score (nSPS) is 11.0. The summed E-state index contributed by atoms with van der Waals surface area (Å²) in [5.74, 6) is -0.265. The van der Waals surface area contributed by atoms with Crippen molar-refractivity contribution in [1.29, 1.82) is 0 Å². The van der Waals surface area contributed by atoms with E-state index in [2.05, 4.69) is 15.1 Å². The molecule has 0 aliphatic heterocycles. The number of pyridine rings is 2. The summed E-state index contributed by atoms with van der Waals surface area (Å²) in [6.45, 7) is 0. The van der Waals surface area contributed by atoms with Crippen LogP contribution in [0.4, 0.5) is 4.39 Å². The Morgan fingerprint density at radius 1 is 1.12 bits per heavy atom. The van der Waals surface area contributed by atoms with E-state index in [1.54, 1.807) is 23.1 Å². The molecule has 0 spiro atoms. The molecule has 0 atom stereocenters. The highest BCUT2D eigenvalue weighted by atomic mass is 19.1. The first kappa shape index (κ1) is 15.3. The Morgan fingerprint density at radius 3 is 2.68 bits per heavy atom. The zero-order valence-electron chi connectivity index (χ0n) is 13.8. The Kier molecular flexibility index (Phi) is 3.65. The Labute approximate surface area is 143 Å². The van der Waals surface area contributed by atoms with Crippen molar-refractivity contribution in [3.8, 4) is 28.3 Å². The maximum atomic E-state index is 14.3. The Hall–Kier alpha value is -3.28. The van der Waals surface area contributed by atoms with Crippen LogP contribution < -0.4 is 4.74 Å². The molecule has 0 N–H and O–H groups in total. The number of hydrogen-bond donors (Lipinski definition) is 0. The van der Waals surface area contributed by atoms with Gasteiger partial charge in [0.15, 0.2) is 11.6 Å². The van der Waals surface area contributed by atoms with E-state index in [0.29, 0.717) is 10.9 Å². The molecule has 0 saturated heterocycles. The Morgan fingerprint density at radius 2 is 2.00 bits per heavy atom. The minimum Gasteiger partial charge on any atom is -0.494 e. The first-order valence-electron chi connectivity index (χ1n) is 7.74. The fourth-order valence-corrected chi connectivity index (χ4v) is 2.82. The third-order valence-corrected chi connectivity index (χ3v) is 4.02. The molecule has 0 fully saturated rings. The molecule has 4 aromatic rings. The van der Waals surface area contributed by atoms with Crippen molar-refractivity contribution in [3.05, 3.63) is 60.8 Å². The van der Waals surface area contributed by atoms with Crippen LogP contribution in [0, 0.1) is 5.82 Å². The largest absolute Gasteiger partial charge is 0.494 e. The predicted molar refractivity (Wildman–Crippen MR) is 93.7 cm³/mol. The maximum absolute atomic E-state index is 14.3. The summed E-state index contributed by atoms with van der Waals surface area (Å²) in [5, 5.41) is 4.88. The van der Waals surface area contributed by atoms with Gasteiger partial charge in [0, 0.05) is 42.0 Å². The van der Waals surface area contributed by atoms with Crippen molar-refractivity contribution in [1.82, 2.24) is 19.7 Å². The van der Waals surface area contributed by atoms with Gasteiger partial charge in [-0.05, 0) is 24.3 Å². The molecule has 6 heteroatoms. The zero-order chi connectivity index (χ0) is 17.4. The van der Waals surface area contributed by atoms with Crippen molar-refractivity contribution >= 4 is 10.9 Å². The molecule has 3 heterocycles. The minimum absolute atomic E-state index is 0.162. The summed E-state index contributed by atoms with van der Waals surface area (Å²) >= 11 is 0. The minimum atomic E-state index is -0.428. The van der Waals surface area contributed by atoms with Gasteiger partial charge in [-0.3, -0.25) is 9.67 Å². The number of halogens is 1. The Balaban J connectivity index is 2.04. The van der Waals surface area contributed by atoms with Crippen LogP contribution in [-0.2, 0) is 7.05 Å². The third kappa shape index (κ3) is 2.71. The van der Waals surface area contributed by atoms with E-state index in [0.717, 1.165) is 22.5 Å². The summed E-state index contributed by atoms with van der Waals surface area (Å²) in [6.07, 6.45) is 5.35. The first-order chi connectivity index (χ1) is 12.2. The monoisotopic (exact) mass is 334 g/mol. The predicted octanol–water partition coefficient (Wildman–Crippen LogP) is 3.85. The fourth-order valence-electron chi connectivity index (χ4n) is 2.82. The topological polar surface area (TPSA) is 52.8 Å². The van der Waals surface area contributed by atoms with E-state index in [4.69, 9.17) is 4.74 Å². The van der Waals surface area contributed by atoms with E-state index >= 15 is 0 Å². The molecule has 1 aromatic carbocycles. The number of aryl methyl sites for hydroxylation is 1. The van der Waals surface area contributed by atoms with Crippen LogP contribution in [0.25, 0.3) is 33.4 Å². The van der Waals surface area contributed by atoms with Crippen molar-refractivity contribution < 1.29 is 9.13 Å². The van der Waals surface area contributed by atoms with Gasteiger partial charge in [-0.1, -0.05) is 6.07 Å². The SMILES string of the molecule is COc1cc2nc(-c3cnn(C)c3)cc(-c3ccccn3)c2cc1F. The van der Waals surface area contributed by atoms with Crippen LogP contribution in [-0.4, -0.2) is 26.9 Å². The van der Waals surface area contributed by atoms with Crippen molar-refractivity contribution in [3.63, 3.8) is 0 Å². The smallest absolute Gasteiger partial charge is 0.165 e. The number of nitrogens with zero attached hydrogens (tertiary/aromatic N) is 4. The summed E-state index contributed by atoms with van der Waals surface area (Å²) in [4.78, 5) is 9.08. The van der Waals surface area contributed by atoms with Gasteiger partial charge in [0.1, 0.15) is 0 Å². The van der Waals surface area contributed by atoms with Crippen LogP contribution in [0.1, 0.15) is 0 Å². The maximum Gasteiger partial charge on any atom is 0.165 e. The average molecular weight is 334 g/mol. The molecular weight excluding hydrogens is 319 g/mol. The summed E-state index contributed by atoms with van der Waals surface area (Å²) < 4.78 is 21.1. The second-order valence-corrected chi connectivity index (χ2v) is 5.68. The molecule has 0 amide bonds. The van der Waals surface area contributed by atoms with E-state index in [1.165, 1.54) is 13.2 Å². The third-order valence-electron chi connectivity index (χ3n) is 4.02. The number of fused-ring (bicyclic) bond motifs is 1. The van der Waals surface area contributed by atoms with Crippen molar-refractivity contribution in [2.24, 2.45) is 7.05 Å². The fraction of sp³-hybridized carbons (Fsp3) is 0.105. The Bertz CT molecular complexity index is 1060. The number of benzene rings is 1. The summed E-state index contributed by atoms with van der Waals surface area (Å²) in [5.41, 5.74) is 3.83. The van der Waals surface area contributed by atoms with Crippen LogP contribution in [0.2, 0.25) is 0 Å². The van der Waals surface area contributed by atoms with Crippen LogP contribution in [0.15, 0.2) is 55.0 Å². The van der Waals surface area contributed by atoms with Crippen molar-refractivity contribution in [2.45, 2.75) is 0 Å². The van der Waals surface area contributed by atoms with Gasteiger partial charge < -0.3 is 4.74 Å². The molecule has 0 aliphatic carbocycles. The zero-order valence-corrected chi connectivity index (χ0v) is 13.8. The highest BCUT2D eigenvalue weighted by Crippen LogP contribution is 2.34. The van der Waals surface area contributed by atoms with Gasteiger partial charge in [0.05, 0.1) is 30.2 Å². The number of rotatable bonds is 3. The van der Waals surface area contributed by atoms with Crippen molar-refractivity contribution in [2.75, 3.05) is 7.11 Å². The number of hydrogen-bond acceptors (Lipinski definition) is 4. The highest BCUT2D eigenvalue weighted by Gasteiger charge is 2.14. The second-order valence-electron chi connectivity index (χ2n) is 5.68. The van der Waals surface area contributed by atoms with Gasteiger partial charge in [0.25, 0.3) is 0 Å². The molecular formula is C19H15FN4O. The summed E-state index contributed by atoms with van der Waals surface area (Å²) in [7, 11) is 3.29. The van der Waals surface area contributed by atoms with Gasteiger partial charge in [0.2, 0.25) is 0 Å². The van der Waals surface area contributed by atoms with Crippen LogP contribution in [0.5, 0.6) is 5.75 Å². The van der Waals surface area contributed by atoms with Crippen LogP contribution >= 0.6 is 0 Å². The number of aromatic nitrogens is 4. The van der Waals surface area contributed by atoms with E-state index in [9.17, 15) is 4.39 Å². The van der Waals surface area contributed by atoms with Gasteiger partial charge in [-0.15, -0.1) is 0 Å². The molecule has 25 heavy (non-hydrogen) atoms. The number of ether oxygens (including phenoxy) is 1. The molecule has 0 bridgehead atoms.